The molecule has 0 unspecified atom stereocenters. The molecule has 98 valence electrons. The van der Waals surface area contributed by atoms with E-state index in [0.717, 1.165) is 5.56 Å². The van der Waals surface area contributed by atoms with Crippen molar-refractivity contribution in [2.75, 3.05) is 11.1 Å². The molecule has 0 atom stereocenters. The minimum absolute atomic E-state index is 0.219. The van der Waals surface area contributed by atoms with Crippen molar-refractivity contribution in [2.45, 2.75) is 6.92 Å². The fraction of sp³-hybridized carbons (Fsp3) is 0.0769. The molecule has 0 aliphatic carbocycles. The number of anilines is 2. The Bertz CT molecular complexity index is 629. The summed E-state index contributed by atoms with van der Waals surface area (Å²) in [6.45, 7) is 1.77. The summed E-state index contributed by atoms with van der Waals surface area (Å²) < 4.78 is 13.8. The van der Waals surface area contributed by atoms with Gasteiger partial charge in [0.1, 0.15) is 11.5 Å². The predicted molar refractivity (Wildman–Crippen MR) is 75.4 cm³/mol. The quantitative estimate of drug-likeness (QED) is 0.892. The fourth-order valence-electron chi connectivity index (χ4n) is 1.51. The van der Waals surface area contributed by atoms with Crippen LogP contribution in [0.2, 0.25) is 0 Å². The standard InChI is InChI=1S/C13H11BrFN3O/c1-7-4-9(14)10(15)5-12(7)18-13(19)11-3-2-8(16)6-17-11/h2-6H,16H2,1H3,(H,18,19). The van der Waals surface area contributed by atoms with E-state index >= 15 is 0 Å². The first-order valence-corrected chi connectivity index (χ1v) is 6.25. The number of halogens is 2. The normalized spacial score (nSPS) is 10.3. The van der Waals surface area contributed by atoms with Crippen molar-refractivity contribution in [3.8, 4) is 0 Å². The van der Waals surface area contributed by atoms with E-state index in [1.807, 2.05) is 0 Å². The molecule has 0 aliphatic rings. The average molecular weight is 324 g/mol. The van der Waals surface area contributed by atoms with E-state index in [2.05, 4.69) is 26.2 Å². The van der Waals surface area contributed by atoms with E-state index in [1.165, 1.54) is 18.3 Å². The summed E-state index contributed by atoms with van der Waals surface area (Å²) >= 11 is 3.09. The maximum atomic E-state index is 13.4. The summed E-state index contributed by atoms with van der Waals surface area (Å²) in [4.78, 5) is 15.8. The monoisotopic (exact) mass is 323 g/mol. The summed E-state index contributed by atoms with van der Waals surface area (Å²) in [5.74, 6) is -0.851. The van der Waals surface area contributed by atoms with Crippen molar-refractivity contribution < 1.29 is 9.18 Å². The highest BCUT2D eigenvalue weighted by atomic mass is 79.9. The Morgan fingerprint density at radius 2 is 2.16 bits per heavy atom. The number of carbonyl (C=O) groups is 1. The van der Waals surface area contributed by atoms with E-state index in [9.17, 15) is 9.18 Å². The van der Waals surface area contributed by atoms with Gasteiger partial charge in [0, 0.05) is 5.69 Å². The van der Waals surface area contributed by atoms with Crippen molar-refractivity contribution in [2.24, 2.45) is 0 Å². The number of carbonyl (C=O) groups excluding carboxylic acids is 1. The Morgan fingerprint density at radius 3 is 2.79 bits per heavy atom. The zero-order valence-electron chi connectivity index (χ0n) is 10.1. The Morgan fingerprint density at radius 1 is 1.42 bits per heavy atom. The van der Waals surface area contributed by atoms with Crippen LogP contribution in [0.1, 0.15) is 16.1 Å². The number of nitrogens with one attached hydrogen (secondary N) is 1. The second kappa shape index (κ2) is 5.36. The number of nitrogens with two attached hydrogens (primary N) is 1. The number of rotatable bonds is 2. The molecule has 0 saturated carbocycles. The van der Waals surface area contributed by atoms with Crippen LogP contribution in [0.15, 0.2) is 34.9 Å². The minimum Gasteiger partial charge on any atom is -0.397 e. The molecule has 1 amide bonds. The van der Waals surface area contributed by atoms with Crippen molar-refractivity contribution in [1.82, 2.24) is 4.98 Å². The number of aryl methyl sites for hydroxylation is 1. The Hall–Kier alpha value is -1.95. The predicted octanol–water partition coefficient (Wildman–Crippen LogP) is 3.13. The molecule has 0 radical (unpaired) electrons. The van der Waals surface area contributed by atoms with Gasteiger partial charge >= 0.3 is 0 Å². The highest BCUT2D eigenvalue weighted by Gasteiger charge is 2.11. The van der Waals surface area contributed by atoms with E-state index in [0.29, 0.717) is 15.8 Å². The highest BCUT2D eigenvalue weighted by molar-refractivity contribution is 9.10. The van der Waals surface area contributed by atoms with Gasteiger partial charge in [-0.1, -0.05) is 0 Å². The lowest BCUT2D eigenvalue weighted by molar-refractivity contribution is 0.102. The van der Waals surface area contributed by atoms with E-state index in [1.54, 1.807) is 19.1 Å². The third kappa shape index (κ3) is 3.08. The van der Waals surface area contributed by atoms with Gasteiger partial charge in [-0.15, -0.1) is 0 Å². The largest absolute Gasteiger partial charge is 0.397 e. The molecule has 1 aromatic carbocycles. The van der Waals surface area contributed by atoms with Gasteiger partial charge in [-0.05, 0) is 52.7 Å². The first kappa shape index (κ1) is 13.5. The van der Waals surface area contributed by atoms with Crippen molar-refractivity contribution in [3.63, 3.8) is 0 Å². The molecule has 6 heteroatoms. The van der Waals surface area contributed by atoms with Gasteiger partial charge in [0.25, 0.3) is 5.91 Å². The molecular weight excluding hydrogens is 313 g/mol. The second-order valence-electron chi connectivity index (χ2n) is 4.01. The molecule has 0 spiro atoms. The van der Waals surface area contributed by atoms with Crippen LogP contribution < -0.4 is 11.1 Å². The van der Waals surface area contributed by atoms with Crippen LogP contribution in [0.4, 0.5) is 15.8 Å². The number of amides is 1. The number of hydrogen-bond donors (Lipinski definition) is 2. The Balaban J connectivity index is 2.24. The van der Waals surface area contributed by atoms with Crippen LogP contribution in [0.25, 0.3) is 0 Å². The van der Waals surface area contributed by atoms with Gasteiger partial charge < -0.3 is 11.1 Å². The molecule has 19 heavy (non-hydrogen) atoms. The number of nitrogen functional groups attached to an aromatic ring is 1. The first-order valence-electron chi connectivity index (χ1n) is 5.46. The number of pyridine rings is 1. The topological polar surface area (TPSA) is 68.0 Å². The van der Waals surface area contributed by atoms with Crippen molar-refractivity contribution in [3.05, 3.63) is 52.0 Å². The third-order valence-electron chi connectivity index (χ3n) is 2.53. The van der Waals surface area contributed by atoms with Gasteiger partial charge in [-0.3, -0.25) is 4.79 Å². The van der Waals surface area contributed by atoms with Crippen LogP contribution in [-0.4, -0.2) is 10.9 Å². The van der Waals surface area contributed by atoms with Crippen molar-refractivity contribution >= 4 is 33.2 Å². The molecule has 2 aromatic rings. The summed E-state index contributed by atoms with van der Waals surface area (Å²) in [5.41, 5.74) is 7.34. The number of aromatic nitrogens is 1. The van der Waals surface area contributed by atoms with Gasteiger partial charge in [0.05, 0.1) is 16.4 Å². The maximum absolute atomic E-state index is 13.4. The summed E-state index contributed by atoms with van der Waals surface area (Å²) in [5, 5.41) is 2.61. The number of benzene rings is 1. The smallest absolute Gasteiger partial charge is 0.274 e. The van der Waals surface area contributed by atoms with Gasteiger partial charge in [0.15, 0.2) is 0 Å². The molecule has 0 fully saturated rings. The minimum atomic E-state index is -0.439. The van der Waals surface area contributed by atoms with Gasteiger partial charge in [-0.25, -0.2) is 9.37 Å². The molecule has 1 aromatic heterocycles. The van der Waals surface area contributed by atoms with Crippen LogP contribution >= 0.6 is 15.9 Å². The lowest BCUT2D eigenvalue weighted by Crippen LogP contribution is -2.14. The highest BCUT2D eigenvalue weighted by Crippen LogP contribution is 2.24. The molecule has 1 heterocycles. The van der Waals surface area contributed by atoms with Crippen LogP contribution in [0.3, 0.4) is 0 Å². The molecule has 2 rings (SSSR count). The second-order valence-corrected chi connectivity index (χ2v) is 4.87. The number of nitrogens with zero attached hydrogens (tertiary/aromatic N) is 1. The van der Waals surface area contributed by atoms with E-state index in [4.69, 9.17) is 5.73 Å². The Labute approximate surface area is 118 Å². The van der Waals surface area contributed by atoms with Crippen LogP contribution in [0.5, 0.6) is 0 Å². The molecule has 0 saturated heterocycles. The van der Waals surface area contributed by atoms with Crippen LogP contribution in [0, 0.1) is 12.7 Å². The summed E-state index contributed by atoms with van der Waals surface area (Å²) in [7, 11) is 0. The molecule has 3 N–H and O–H groups in total. The fourth-order valence-corrected chi connectivity index (χ4v) is 1.96. The lowest BCUT2D eigenvalue weighted by atomic mass is 10.2. The molecular formula is C13H11BrFN3O. The zero-order chi connectivity index (χ0) is 14.0. The maximum Gasteiger partial charge on any atom is 0.274 e. The molecule has 0 bridgehead atoms. The first-order chi connectivity index (χ1) is 8.97. The van der Waals surface area contributed by atoms with Crippen LogP contribution in [-0.2, 0) is 0 Å². The summed E-state index contributed by atoms with van der Waals surface area (Å²) in [6.07, 6.45) is 1.39. The van der Waals surface area contributed by atoms with E-state index < -0.39 is 11.7 Å². The SMILES string of the molecule is Cc1cc(Br)c(F)cc1NC(=O)c1ccc(N)cn1. The zero-order valence-corrected chi connectivity index (χ0v) is 11.7. The average Bonchev–Trinajstić information content (AvgIpc) is 2.36. The van der Waals surface area contributed by atoms with Gasteiger partial charge in [-0.2, -0.15) is 0 Å². The number of hydrogen-bond acceptors (Lipinski definition) is 3. The third-order valence-corrected chi connectivity index (χ3v) is 3.14. The van der Waals surface area contributed by atoms with E-state index in [-0.39, 0.29) is 5.69 Å². The lowest BCUT2D eigenvalue weighted by Gasteiger charge is -2.09. The summed E-state index contributed by atoms with van der Waals surface area (Å²) in [6, 6.07) is 5.95. The Kier molecular flexibility index (Phi) is 3.80. The van der Waals surface area contributed by atoms with Gasteiger partial charge in [0.2, 0.25) is 0 Å². The van der Waals surface area contributed by atoms with Crippen molar-refractivity contribution in [1.29, 1.82) is 0 Å². The molecule has 4 nitrogen and oxygen atoms in total. The molecule has 0 aliphatic heterocycles.